The van der Waals surface area contributed by atoms with E-state index in [9.17, 15) is 5.11 Å². The summed E-state index contributed by atoms with van der Waals surface area (Å²) >= 11 is 1.78. The molecular weight excluding hydrogens is 358 g/mol. The normalized spacial score (nSPS) is 18.8. The smallest absolute Gasteiger partial charge is 0.122 e. The Morgan fingerprint density at radius 2 is 2.00 bits per heavy atom. The lowest BCUT2D eigenvalue weighted by atomic mass is 10.00. The fraction of sp³-hybridized carbons (Fsp3) is 0.571. The van der Waals surface area contributed by atoms with Crippen LogP contribution < -0.4 is 4.74 Å². The van der Waals surface area contributed by atoms with Crippen molar-refractivity contribution < 1.29 is 9.84 Å². The van der Waals surface area contributed by atoms with Crippen LogP contribution in [0.1, 0.15) is 33.0 Å². The Bertz CT molecular complexity index is 762. The number of thiazole rings is 1. The number of aromatic nitrogens is 1. The van der Waals surface area contributed by atoms with Gasteiger partial charge in [0, 0.05) is 56.4 Å². The van der Waals surface area contributed by atoms with Crippen LogP contribution in [-0.2, 0) is 13.1 Å². The summed E-state index contributed by atoms with van der Waals surface area (Å²) in [5.41, 5.74) is 3.87. The number of methoxy groups -OCH3 is 1. The molecule has 1 aliphatic heterocycles. The van der Waals surface area contributed by atoms with Crippen LogP contribution in [0.2, 0.25) is 0 Å². The molecule has 0 aliphatic carbocycles. The van der Waals surface area contributed by atoms with Crippen LogP contribution in [0.15, 0.2) is 18.3 Å². The van der Waals surface area contributed by atoms with E-state index in [1.807, 2.05) is 6.20 Å². The summed E-state index contributed by atoms with van der Waals surface area (Å²) in [6, 6.07) is 4.63. The van der Waals surface area contributed by atoms with Gasteiger partial charge in [0.25, 0.3) is 0 Å². The van der Waals surface area contributed by atoms with Gasteiger partial charge in [0.15, 0.2) is 0 Å². The molecule has 1 aromatic heterocycles. The van der Waals surface area contributed by atoms with Crippen LogP contribution in [0.4, 0.5) is 0 Å². The fourth-order valence-corrected chi connectivity index (χ4v) is 4.73. The van der Waals surface area contributed by atoms with Gasteiger partial charge in [-0.15, -0.1) is 11.3 Å². The molecule has 27 heavy (non-hydrogen) atoms. The first-order chi connectivity index (χ1) is 13.0. The number of hydrogen-bond acceptors (Lipinski definition) is 6. The van der Waals surface area contributed by atoms with Crippen molar-refractivity contribution in [1.29, 1.82) is 0 Å². The first kappa shape index (κ1) is 20.3. The summed E-state index contributed by atoms with van der Waals surface area (Å²) in [5, 5.41) is 10.7. The molecule has 0 saturated carbocycles. The second-order valence-corrected chi connectivity index (χ2v) is 8.71. The van der Waals surface area contributed by atoms with E-state index in [1.54, 1.807) is 18.4 Å². The zero-order valence-electron chi connectivity index (χ0n) is 16.9. The molecule has 1 saturated heterocycles. The first-order valence-electron chi connectivity index (χ1n) is 9.63. The molecule has 1 aliphatic rings. The molecule has 1 atom stereocenters. The SMILES string of the molecule is COc1ccc(CN2CCN(Cc3cnc(C)s3)CC2CCO)c(C)c1C. The zero-order chi connectivity index (χ0) is 19.4. The lowest BCUT2D eigenvalue weighted by Gasteiger charge is -2.41. The topological polar surface area (TPSA) is 48.8 Å². The van der Waals surface area contributed by atoms with Crippen LogP contribution in [0.5, 0.6) is 5.75 Å². The summed E-state index contributed by atoms with van der Waals surface area (Å²) in [6.07, 6.45) is 2.81. The lowest BCUT2D eigenvalue weighted by Crippen LogP contribution is -2.52. The molecule has 0 bridgehead atoms. The zero-order valence-corrected chi connectivity index (χ0v) is 17.7. The van der Waals surface area contributed by atoms with E-state index in [2.05, 4.69) is 47.7 Å². The third kappa shape index (κ3) is 4.88. The van der Waals surface area contributed by atoms with Crippen LogP contribution in [-0.4, -0.2) is 59.3 Å². The minimum Gasteiger partial charge on any atom is -0.496 e. The Morgan fingerprint density at radius 3 is 2.67 bits per heavy atom. The average molecular weight is 390 g/mol. The molecule has 5 nitrogen and oxygen atoms in total. The van der Waals surface area contributed by atoms with Crippen molar-refractivity contribution in [1.82, 2.24) is 14.8 Å². The minimum absolute atomic E-state index is 0.231. The number of aliphatic hydroxyl groups excluding tert-OH is 1. The Morgan fingerprint density at radius 1 is 1.19 bits per heavy atom. The van der Waals surface area contributed by atoms with Gasteiger partial charge in [0.1, 0.15) is 5.75 Å². The highest BCUT2D eigenvalue weighted by Gasteiger charge is 2.27. The van der Waals surface area contributed by atoms with Gasteiger partial charge in [-0.25, -0.2) is 4.98 Å². The molecule has 3 rings (SSSR count). The molecular formula is C21H31N3O2S. The maximum absolute atomic E-state index is 9.58. The average Bonchev–Trinajstić information content (AvgIpc) is 3.06. The highest BCUT2D eigenvalue weighted by atomic mass is 32.1. The molecule has 1 N–H and O–H groups in total. The van der Waals surface area contributed by atoms with E-state index in [-0.39, 0.29) is 6.61 Å². The molecule has 1 aromatic carbocycles. The molecule has 148 valence electrons. The predicted molar refractivity (Wildman–Crippen MR) is 110 cm³/mol. The van der Waals surface area contributed by atoms with Crippen molar-refractivity contribution in [2.45, 2.75) is 46.3 Å². The maximum Gasteiger partial charge on any atom is 0.122 e. The number of hydrogen-bond donors (Lipinski definition) is 1. The van der Waals surface area contributed by atoms with Gasteiger partial charge in [-0.2, -0.15) is 0 Å². The monoisotopic (exact) mass is 389 g/mol. The second-order valence-electron chi connectivity index (χ2n) is 7.39. The van der Waals surface area contributed by atoms with Gasteiger partial charge in [0.2, 0.25) is 0 Å². The van der Waals surface area contributed by atoms with E-state index >= 15 is 0 Å². The second kappa shape index (κ2) is 9.15. The van der Waals surface area contributed by atoms with Crippen LogP contribution in [0, 0.1) is 20.8 Å². The van der Waals surface area contributed by atoms with Crippen molar-refractivity contribution in [3.63, 3.8) is 0 Å². The molecule has 6 heteroatoms. The highest BCUT2D eigenvalue weighted by Crippen LogP contribution is 2.27. The molecule has 0 radical (unpaired) electrons. The van der Waals surface area contributed by atoms with Gasteiger partial charge >= 0.3 is 0 Å². The van der Waals surface area contributed by atoms with Gasteiger partial charge in [-0.05, 0) is 49.9 Å². The van der Waals surface area contributed by atoms with Gasteiger partial charge in [-0.1, -0.05) is 6.07 Å². The van der Waals surface area contributed by atoms with Gasteiger partial charge in [-0.3, -0.25) is 9.80 Å². The molecule has 2 heterocycles. The number of rotatable bonds is 7. The summed E-state index contributed by atoms with van der Waals surface area (Å²) < 4.78 is 5.45. The van der Waals surface area contributed by atoms with E-state index in [0.717, 1.165) is 49.9 Å². The van der Waals surface area contributed by atoms with Crippen LogP contribution >= 0.6 is 11.3 Å². The van der Waals surface area contributed by atoms with E-state index in [4.69, 9.17) is 4.74 Å². The summed E-state index contributed by atoms with van der Waals surface area (Å²) in [5.74, 6) is 0.952. The summed E-state index contributed by atoms with van der Waals surface area (Å²) in [7, 11) is 1.72. The lowest BCUT2D eigenvalue weighted by molar-refractivity contribution is 0.0503. The van der Waals surface area contributed by atoms with Crippen molar-refractivity contribution in [3.05, 3.63) is 44.9 Å². The molecule has 0 spiro atoms. The van der Waals surface area contributed by atoms with Gasteiger partial charge < -0.3 is 9.84 Å². The molecule has 1 fully saturated rings. The molecule has 0 amide bonds. The Balaban J connectivity index is 1.68. The first-order valence-corrected chi connectivity index (χ1v) is 10.4. The Labute approximate surface area is 166 Å². The van der Waals surface area contributed by atoms with Gasteiger partial charge in [0.05, 0.1) is 12.1 Å². The number of piperazine rings is 1. The van der Waals surface area contributed by atoms with Crippen LogP contribution in [0.25, 0.3) is 0 Å². The quantitative estimate of drug-likeness (QED) is 0.788. The number of aliphatic hydroxyl groups is 1. The number of nitrogens with zero attached hydrogens (tertiary/aromatic N) is 3. The Hall–Kier alpha value is -1.47. The molecule has 1 unspecified atom stereocenters. The highest BCUT2D eigenvalue weighted by molar-refractivity contribution is 7.11. The maximum atomic E-state index is 9.58. The molecule has 2 aromatic rings. The van der Waals surface area contributed by atoms with Crippen molar-refractivity contribution in [2.75, 3.05) is 33.4 Å². The third-order valence-electron chi connectivity index (χ3n) is 5.64. The van der Waals surface area contributed by atoms with Crippen molar-refractivity contribution in [3.8, 4) is 5.75 Å². The Kier molecular flexibility index (Phi) is 6.87. The largest absolute Gasteiger partial charge is 0.496 e. The third-order valence-corrected chi connectivity index (χ3v) is 6.54. The van der Waals surface area contributed by atoms with E-state index in [1.165, 1.54) is 21.6 Å². The van der Waals surface area contributed by atoms with Crippen molar-refractivity contribution in [2.24, 2.45) is 0 Å². The van der Waals surface area contributed by atoms with E-state index < -0.39 is 0 Å². The van der Waals surface area contributed by atoms with E-state index in [0.29, 0.717) is 6.04 Å². The minimum atomic E-state index is 0.231. The standard InChI is InChI=1S/C21H31N3O2S/c1-15-16(2)21(26-4)6-5-18(15)12-24-9-8-23(13-19(24)7-10-25)14-20-11-22-17(3)27-20/h5-6,11,19,25H,7-10,12-14H2,1-4H3. The number of aryl methyl sites for hydroxylation is 1. The number of benzene rings is 1. The summed E-state index contributed by atoms with van der Waals surface area (Å²) in [6.45, 7) is 11.5. The number of ether oxygens (including phenoxy) is 1. The summed E-state index contributed by atoms with van der Waals surface area (Å²) in [4.78, 5) is 10.7. The predicted octanol–water partition coefficient (Wildman–Crippen LogP) is 3.15. The van der Waals surface area contributed by atoms with Crippen molar-refractivity contribution >= 4 is 11.3 Å². The van der Waals surface area contributed by atoms with Crippen LogP contribution in [0.3, 0.4) is 0 Å². The fourth-order valence-electron chi connectivity index (χ4n) is 3.89.